The first-order valence-electron chi connectivity index (χ1n) is 4.83. The molecule has 0 bridgehead atoms. The van der Waals surface area contributed by atoms with E-state index in [-0.39, 0.29) is 5.91 Å². The lowest BCUT2D eigenvalue weighted by Crippen LogP contribution is -2.28. The fourth-order valence-electron chi connectivity index (χ4n) is 1.73. The molecule has 1 saturated heterocycles. The summed E-state index contributed by atoms with van der Waals surface area (Å²) in [5, 5.41) is 0. The smallest absolute Gasteiger partial charge is 0.254 e. The molecule has 1 heterocycles. The molecule has 0 aromatic heterocycles. The molecule has 0 atom stereocenters. The zero-order valence-corrected chi connectivity index (χ0v) is 10.0. The normalized spacial score (nSPS) is 15.9. The first-order valence-corrected chi connectivity index (χ1v) is 5.91. The third-order valence-corrected chi connectivity index (χ3v) is 3.44. The fourth-order valence-corrected chi connectivity index (χ4v) is 2.34. The minimum absolute atomic E-state index is 0.188. The van der Waals surface area contributed by atoms with Gasteiger partial charge in [0.1, 0.15) is 0 Å². The van der Waals surface area contributed by atoms with Gasteiger partial charge >= 0.3 is 0 Å². The predicted molar refractivity (Wildman–Crippen MR) is 64.3 cm³/mol. The van der Waals surface area contributed by atoms with E-state index in [0.29, 0.717) is 0 Å². The Hall–Kier alpha value is -0.580. The molecule has 0 unspecified atom stereocenters. The van der Waals surface area contributed by atoms with Crippen molar-refractivity contribution in [2.24, 2.45) is 0 Å². The zero-order chi connectivity index (χ0) is 9.97. The van der Waals surface area contributed by atoms with Crippen LogP contribution in [0, 0.1) is 3.57 Å². The summed E-state index contributed by atoms with van der Waals surface area (Å²) in [6, 6.07) is 7.76. The summed E-state index contributed by atoms with van der Waals surface area (Å²) in [6.45, 7) is 1.84. The summed E-state index contributed by atoms with van der Waals surface area (Å²) in [6.07, 6.45) is 2.30. The molecule has 0 N–H and O–H groups in total. The van der Waals surface area contributed by atoms with Gasteiger partial charge in [-0.1, -0.05) is 12.1 Å². The third kappa shape index (κ3) is 1.92. The second-order valence-electron chi connectivity index (χ2n) is 3.48. The van der Waals surface area contributed by atoms with Crippen molar-refractivity contribution in [2.75, 3.05) is 13.1 Å². The molecule has 1 fully saturated rings. The SMILES string of the molecule is O=[11C](c1ccccc1I)N1CCCC1. The molecule has 14 heavy (non-hydrogen) atoms. The van der Waals surface area contributed by atoms with Crippen molar-refractivity contribution in [1.82, 2.24) is 4.90 Å². The van der Waals surface area contributed by atoms with Crippen molar-refractivity contribution in [2.45, 2.75) is 12.8 Å². The first-order chi connectivity index (χ1) is 6.79. The summed E-state index contributed by atoms with van der Waals surface area (Å²) >= 11 is 2.21. The number of likely N-dealkylation sites (tertiary alicyclic amines) is 1. The standard InChI is InChI=1S/C11H12INO/c12-10-6-2-1-5-9(10)11(14)13-7-3-4-8-13/h1-2,5-6H,3-4,7-8H2/i11-1. The Kier molecular flexibility index (Phi) is 3.05. The van der Waals surface area contributed by atoms with Crippen LogP contribution in [0.25, 0.3) is 0 Å². The van der Waals surface area contributed by atoms with Crippen LogP contribution in [0.2, 0.25) is 0 Å². The number of hydrogen-bond acceptors (Lipinski definition) is 1. The summed E-state index contributed by atoms with van der Waals surface area (Å²) in [5.74, 6) is 0.188. The van der Waals surface area contributed by atoms with Crippen molar-refractivity contribution in [1.29, 1.82) is 0 Å². The van der Waals surface area contributed by atoms with Gasteiger partial charge in [-0.3, -0.25) is 4.79 Å². The quantitative estimate of drug-likeness (QED) is 0.730. The van der Waals surface area contributed by atoms with Gasteiger partial charge in [0.15, 0.2) is 0 Å². The van der Waals surface area contributed by atoms with Crippen LogP contribution in [0.15, 0.2) is 24.3 Å². The number of carbonyl (C=O) groups excluding carboxylic acids is 1. The van der Waals surface area contributed by atoms with Crippen LogP contribution in [0.1, 0.15) is 23.2 Å². The van der Waals surface area contributed by atoms with Crippen molar-refractivity contribution in [3.05, 3.63) is 33.4 Å². The number of amides is 1. The van der Waals surface area contributed by atoms with E-state index in [1.54, 1.807) is 0 Å². The first kappa shape index (κ1) is 9.96. The maximum atomic E-state index is 12.0. The van der Waals surface area contributed by atoms with E-state index in [2.05, 4.69) is 22.6 Å². The van der Waals surface area contributed by atoms with Gasteiger partial charge in [-0.25, -0.2) is 0 Å². The van der Waals surface area contributed by atoms with E-state index in [1.807, 2.05) is 29.2 Å². The van der Waals surface area contributed by atoms with Crippen LogP contribution in [0.3, 0.4) is 0 Å². The number of rotatable bonds is 1. The topological polar surface area (TPSA) is 20.3 Å². The van der Waals surface area contributed by atoms with E-state index < -0.39 is 0 Å². The summed E-state index contributed by atoms with van der Waals surface area (Å²) < 4.78 is 1.04. The molecule has 0 saturated carbocycles. The summed E-state index contributed by atoms with van der Waals surface area (Å²) in [4.78, 5) is 13.9. The Morgan fingerprint density at radius 3 is 2.50 bits per heavy atom. The van der Waals surface area contributed by atoms with Crippen LogP contribution >= 0.6 is 22.6 Å². The largest absolute Gasteiger partial charge is 0.339 e. The van der Waals surface area contributed by atoms with Gasteiger partial charge < -0.3 is 4.90 Å². The Balaban J connectivity index is 2.22. The van der Waals surface area contributed by atoms with Gasteiger partial charge in [0, 0.05) is 16.7 Å². The summed E-state index contributed by atoms with van der Waals surface area (Å²) in [5.41, 5.74) is 0.843. The lowest BCUT2D eigenvalue weighted by Gasteiger charge is -2.15. The van der Waals surface area contributed by atoms with Crippen LogP contribution in [0.5, 0.6) is 0 Å². The highest BCUT2D eigenvalue weighted by Crippen LogP contribution is 2.17. The van der Waals surface area contributed by atoms with E-state index in [1.165, 1.54) is 0 Å². The molecular weight excluding hydrogens is 288 g/mol. The van der Waals surface area contributed by atoms with E-state index in [9.17, 15) is 4.79 Å². The Labute approximate surface area is 97.4 Å². The minimum atomic E-state index is 0.188. The van der Waals surface area contributed by atoms with Gasteiger partial charge in [-0.2, -0.15) is 0 Å². The van der Waals surface area contributed by atoms with Crippen LogP contribution < -0.4 is 0 Å². The maximum Gasteiger partial charge on any atom is 0.254 e. The highest BCUT2D eigenvalue weighted by Gasteiger charge is 2.20. The molecule has 1 aliphatic heterocycles. The molecule has 2 nitrogen and oxygen atoms in total. The molecule has 1 aromatic rings. The highest BCUT2D eigenvalue weighted by molar-refractivity contribution is 14.1. The molecule has 0 radical (unpaired) electrons. The van der Waals surface area contributed by atoms with Gasteiger partial charge in [-0.15, -0.1) is 0 Å². The van der Waals surface area contributed by atoms with Gasteiger partial charge in [0.05, 0.1) is 5.56 Å². The van der Waals surface area contributed by atoms with Gasteiger partial charge in [0.25, 0.3) is 5.91 Å². The molecule has 0 spiro atoms. The predicted octanol–water partition coefficient (Wildman–Crippen LogP) is 2.53. The van der Waals surface area contributed by atoms with E-state index >= 15 is 0 Å². The van der Waals surface area contributed by atoms with E-state index in [4.69, 9.17) is 0 Å². The number of hydrogen-bond donors (Lipinski definition) is 0. The lowest BCUT2D eigenvalue weighted by atomic mass is 9.87. The van der Waals surface area contributed by atoms with Crippen LogP contribution in [-0.2, 0) is 0 Å². The number of benzene rings is 1. The Bertz CT molecular complexity index is 345. The average Bonchev–Trinajstić information content (AvgIpc) is 2.70. The molecule has 3 heteroatoms. The monoisotopic (exact) mass is 300 g/mol. The number of halogens is 1. The lowest BCUT2D eigenvalue weighted by molar-refractivity contribution is 0.0792. The molecule has 1 amide bonds. The van der Waals surface area contributed by atoms with Crippen LogP contribution in [-0.4, -0.2) is 23.9 Å². The molecule has 0 aliphatic carbocycles. The maximum absolute atomic E-state index is 12.0. The van der Waals surface area contributed by atoms with Crippen molar-refractivity contribution >= 4 is 28.5 Å². The molecule has 1 aliphatic rings. The molecule has 74 valence electrons. The summed E-state index contributed by atoms with van der Waals surface area (Å²) in [7, 11) is 0. The highest BCUT2D eigenvalue weighted by atomic mass is 127. The number of carbonyl (C=O) groups is 1. The second-order valence-corrected chi connectivity index (χ2v) is 4.64. The molecule has 1 aromatic carbocycles. The van der Waals surface area contributed by atoms with Crippen molar-refractivity contribution in [3.8, 4) is 0 Å². The molecule has 2 rings (SSSR count). The van der Waals surface area contributed by atoms with E-state index in [0.717, 1.165) is 35.1 Å². The number of nitrogens with zero attached hydrogens (tertiary/aromatic N) is 1. The zero-order valence-electron chi connectivity index (χ0n) is 7.87. The Morgan fingerprint density at radius 2 is 1.86 bits per heavy atom. The second kappa shape index (κ2) is 4.29. The third-order valence-electron chi connectivity index (χ3n) is 2.50. The Morgan fingerprint density at radius 1 is 1.21 bits per heavy atom. The van der Waals surface area contributed by atoms with Gasteiger partial charge in [0.2, 0.25) is 0 Å². The van der Waals surface area contributed by atoms with Crippen molar-refractivity contribution < 1.29 is 4.79 Å². The fraction of sp³-hybridized carbons (Fsp3) is 0.364. The average molecular weight is 300 g/mol. The molecular formula is C11H12INO. The van der Waals surface area contributed by atoms with Gasteiger partial charge in [-0.05, 0) is 47.6 Å². The van der Waals surface area contributed by atoms with Crippen molar-refractivity contribution in [3.63, 3.8) is 0 Å². The minimum Gasteiger partial charge on any atom is -0.339 e. The van der Waals surface area contributed by atoms with Crippen LogP contribution in [0.4, 0.5) is 0 Å².